The summed E-state index contributed by atoms with van der Waals surface area (Å²) in [7, 11) is 0. The summed E-state index contributed by atoms with van der Waals surface area (Å²) >= 11 is 3.08. The molecule has 0 fully saturated rings. The van der Waals surface area contributed by atoms with Gasteiger partial charge in [-0.25, -0.2) is 0 Å². The van der Waals surface area contributed by atoms with Crippen LogP contribution in [0.4, 0.5) is 0 Å². The lowest BCUT2D eigenvalue weighted by molar-refractivity contribution is -0.115. The van der Waals surface area contributed by atoms with E-state index in [1.165, 1.54) is 0 Å². The topological polar surface area (TPSA) is 29.1 Å². The minimum absolute atomic E-state index is 0.212. The van der Waals surface area contributed by atoms with Crippen molar-refractivity contribution in [2.45, 2.75) is 13.3 Å². The molecule has 54 valence electrons. The summed E-state index contributed by atoms with van der Waals surface area (Å²) in [4.78, 5) is 10.6. The lowest BCUT2D eigenvalue weighted by atomic mass is 10.4. The Bertz CT molecular complexity index is 85.1. The molecule has 3 heteroatoms. The maximum atomic E-state index is 10.6. The highest BCUT2D eigenvalue weighted by Gasteiger charge is 1.94. The van der Waals surface area contributed by atoms with E-state index in [1.807, 2.05) is 0 Å². The highest BCUT2D eigenvalue weighted by atomic mass is 79.9. The summed E-state index contributed by atoms with van der Waals surface area (Å²) < 4.78 is 0. The minimum atomic E-state index is 0.212. The van der Waals surface area contributed by atoms with Gasteiger partial charge in [0.25, 0.3) is 0 Å². The number of rotatable bonds is 5. The summed E-state index contributed by atoms with van der Waals surface area (Å²) in [6, 6.07) is 0. The van der Waals surface area contributed by atoms with E-state index in [-0.39, 0.29) is 5.78 Å². The van der Waals surface area contributed by atoms with Gasteiger partial charge in [-0.1, -0.05) is 22.9 Å². The standard InChI is InChI=1S/C6H12BrNO/c1-2-3-8-5-6(9)4-7/h8H,2-5H2,1H3. The maximum absolute atomic E-state index is 10.6. The van der Waals surface area contributed by atoms with Crippen LogP contribution in [0.25, 0.3) is 0 Å². The van der Waals surface area contributed by atoms with E-state index in [9.17, 15) is 4.79 Å². The molecule has 0 aromatic carbocycles. The molecule has 0 unspecified atom stereocenters. The maximum Gasteiger partial charge on any atom is 0.157 e. The average molecular weight is 194 g/mol. The fourth-order valence-corrected chi connectivity index (χ4v) is 0.650. The van der Waals surface area contributed by atoms with E-state index < -0.39 is 0 Å². The van der Waals surface area contributed by atoms with E-state index in [0.717, 1.165) is 13.0 Å². The first-order valence-electron chi connectivity index (χ1n) is 3.09. The third-order valence-corrected chi connectivity index (χ3v) is 1.52. The Morgan fingerprint density at radius 2 is 2.33 bits per heavy atom. The van der Waals surface area contributed by atoms with Gasteiger partial charge in [-0.15, -0.1) is 0 Å². The van der Waals surface area contributed by atoms with Gasteiger partial charge in [-0.05, 0) is 13.0 Å². The van der Waals surface area contributed by atoms with Crippen LogP contribution in [0.3, 0.4) is 0 Å². The predicted octanol–water partition coefficient (Wildman–Crippen LogP) is 0.950. The van der Waals surface area contributed by atoms with Gasteiger partial charge >= 0.3 is 0 Å². The van der Waals surface area contributed by atoms with Gasteiger partial charge in [0.2, 0.25) is 0 Å². The summed E-state index contributed by atoms with van der Waals surface area (Å²) in [5.41, 5.74) is 0. The normalized spacial score (nSPS) is 9.56. The Hall–Kier alpha value is 0.110. The van der Waals surface area contributed by atoms with E-state index in [0.29, 0.717) is 11.9 Å². The first kappa shape index (κ1) is 9.11. The van der Waals surface area contributed by atoms with Gasteiger partial charge in [0.05, 0.1) is 11.9 Å². The Morgan fingerprint density at radius 3 is 2.78 bits per heavy atom. The third kappa shape index (κ3) is 5.99. The largest absolute Gasteiger partial charge is 0.310 e. The van der Waals surface area contributed by atoms with Crippen LogP contribution in [-0.2, 0) is 4.79 Å². The summed E-state index contributed by atoms with van der Waals surface area (Å²) in [6.45, 7) is 3.50. The van der Waals surface area contributed by atoms with Gasteiger partial charge in [0, 0.05) is 0 Å². The predicted molar refractivity (Wildman–Crippen MR) is 42.0 cm³/mol. The molecule has 0 radical (unpaired) electrons. The van der Waals surface area contributed by atoms with Gasteiger partial charge in [0.1, 0.15) is 0 Å². The molecule has 0 aliphatic rings. The second-order valence-corrected chi connectivity index (χ2v) is 2.41. The van der Waals surface area contributed by atoms with Crippen molar-refractivity contribution in [3.63, 3.8) is 0 Å². The van der Waals surface area contributed by atoms with Crippen LogP contribution in [0.2, 0.25) is 0 Å². The second kappa shape index (κ2) is 6.23. The van der Waals surface area contributed by atoms with E-state index >= 15 is 0 Å². The molecule has 0 saturated carbocycles. The summed E-state index contributed by atoms with van der Waals surface area (Å²) in [6.07, 6.45) is 1.08. The number of ketones is 1. The van der Waals surface area contributed by atoms with Crippen LogP contribution < -0.4 is 5.32 Å². The quantitative estimate of drug-likeness (QED) is 0.521. The van der Waals surface area contributed by atoms with Crippen LogP contribution in [0.15, 0.2) is 0 Å². The lowest BCUT2D eigenvalue weighted by Gasteiger charge is -1.97. The van der Waals surface area contributed by atoms with E-state index in [1.54, 1.807) is 0 Å². The summed E-state index contributed by atoms with van der Waals surface area (Å²) in [5, 5.41) is 3.47. The molecule has 0 amide bonds. The summed E-state index contributed by atoms with van der Waals surface area (Å²) in [5.74, 6) is 0.212. The number of Topliss-reactive ketones (excluding diaryl/α,β-unsaturated/α-hetero) is 1. The van der Waals surface area contributed by atoms with Crippen molar-refractivity contribution in [2.75, 3.05) is 18.4 Å². The SMILES string of the molecule is CCCNCC(=O)CBr. The highest BCUT2D eigenvalue weighted by molar-refractivity contribution is 9.09. The van der Waals surface area contributed by atoms with Crippen molar-refractivity contribution in [2.24, 2.45) is 0 Å². The third-order valence-electron chi connectivity index (χ3n) is 0.898. The minimum Gasteiger partial charge on any atom is -0.310 e. The van der Waals surface area contributed by atoms with Crippen LogP contribution in [0.1, 0.15) is 13.3 Å². The van der Waals surface area contributed by atoms with Gasteiger partial charge in [-0.3, -0.25) is 4.79 Å². The lowest BCUT2D eigenvalue weighted by Crippen LogP contribution is -2.24. The fourth-order valence-electron chi connectivity index (χ4n) is 0.452. The van der Waals surface area contributed by atoms with E-state index in [2.05, 4.69) is 28.2 Å². The number of hydrogen-bond donors (Lipinski definition) is 1. The van der Waals surface area contributed by atoms with Crippen molar-refractivity contribution in [3.8, 4) is 0 Å². The number of hydrogen-bond acceptors (Lipinski definition) is 2. The number of halogens is 1. The number of nitrogens with one attached hydrogen (secondary N) is 1. The monoisotopic (exact) mass is 193 g/mol. The van der Waals surface area contributed by atoms with Crippen LogP contribution in [0.5, 0.6) is 0 Å². The molecule has 2 nitrogen and oxygen atoms in total. The smallest absolute Gasteiger partial charge is 0.157 e. The number of alkyl halides is 1. The van der Waals surface area contributed by atoms with Crippen molar-refractivity contribution in [3.05, 3.63) is 0 Å². The molecule has 0 atom stereocenters. The molecular formula is C6H12BrNO. The van der Waals surface area contributed by atoms with Gasteiger partial charge in [-0.2, -0.15) is 0 Å². The van der Waals surface area contributed by atoms with E-state index in [4.69, 9.17) is 0 Å². The van der Waals surface area contributed by atoms with Crippen molar-refractivity contribution in [1.82, 2.24) is 5.32 Å². The molecule has 1 N–H and O–H groups in total. The molecule has 0 aromatic rings. The molecule has 0 saturated heterocycles. The molecule has 9 heavy (non-hydrogen) atoms. The van der Waals surface area contributed by atoms with Gasteiger partial charge < -0.3 is 5.32 Å². The zero-order valence-corrected chi connectivity index (χ0v) is 7.20. The molecule has 0 rings (SSSR count). The van der Waals surface area contributed by atoms with Crippen LogP contribution >= 0.6 is 15.9 Å². The van der Waals surface area contributed by atoms with Gasteiger partial charge in [0.15, 0.2) is 5.78 Å². The number of carbonyl (C=O) groups is 1. The second-order valence-electron chi connectivity index (χ2n) is 1.85. The first-order chi connectivity index (χ1) is 4.31. The Labute approximate surface area is 64.1 Å². The Morgan fingerprint density at radius 1 is 1.67 bits per heavy atom. The first-order valence-corrected chi connectivity index (χ1v) is 4.21. The Balaban J connectivity index is 2.97. The zero-order chi connectivity index (χ0) is 7.11. The molecule has 0 aliphatic heterocycles. The van der Waals surface area contributed by atoms with Crippen molar-refractivity contribution in [1.29, 1.82) is 0 Å². The van der Waals surface area contributed by atoms with Crippen LogP contribution in [0, 0.1) is 0 Å². The molecule has 0 heterocycles. The molecule has 0 bridgehead atoms. The highest BCUT2D eigenvalue weighted by Crippen LogP contribution is 1.80. The molecule has 0 aliphatic carbocycles. The molecule has 0 spiro atoms. The van der Waals surface area contributed by atoms with Crippen molar-refractivity contribution < 1.29 is 4.79 Å². The van der Waals surface area contributed by atoms with Crippen molar-refractivity contribution >= 4 is 21.7 Å². The molecule has 0 aromatic heterocycles. The average Bonchev–Trinajstić information content (AvgIpc) is 1.89. The molecular weight excluding hydrogens is 182 g/mol. The number of carbonyl (C=O) groups excluding carboxylic acids is 1. The van der Waals surface area contributed by atoms with Crippen LogP contribution in [-0.4, -0.2) is 24.2 Å². The Kier molecular flexibility index (Phi) is 6.31. The zero-order valence-electron chi connectivity index (χ0n) is 5.61. The fraction of sp³-hybridized carbons (Fsp3) is 0.833.